The summed E-state index contributed by atoms with van der Waals surface area (Å²) in [5.41, 5.74) is -0.0270. The van der Waals surface area contributed by atoms with E-state index in [-0.39, 0.29) is 12.1 Å². The van der Waals surface area contributed by atoms with Crippen molar-refractivity contribution in [2.75, 3.05) is 6.61 Å². The summed E-state index contributed by atoms with van der Waals surface area (Å²) >= 11 is 2.12. The molecule has 1 aliphatic carbocycles. The standard InChI is InChI=1S/C15H31NOS/c1-11(2)13(5)18-14-7-6-8-15(9-14,10-17)16-12(3)4/h11-14,16-17H,6-10H2,1-5H3. The number of nitrogens with one attached hydrogen (secondary N) is 1. The Morgan fingerprint density at radius 2 is 1.94 bits per heavy atom. The highest BCUT2D eigenvalue weighted by atomic mass is 32.2. The van der Waals surface area contributed by atoms with E-state index in [1.807, 2.05) is 0 Å². The van der Waals surface area contributed by atoms with E-state index in [1.165, 1.54) is 12.8 Å². The normalized spacial score (nSPS) is 31.0. The zero-order valence-corrected chi connectivity index (χ0v) is 13.5. The van der Waals surface area contributed by atoms with Gasteiger partial charge in [0.15, 0.2) is 0 Å². The first-order chi connectivity index (χ1) is 8.38. The molecule has 108 valence electrons. The van der Waals surface area contributed by atoms with Crippen LogP contribution in [-0.4, -0.2) is 33.8 Å². The van der Waals surface area contributed by atoms with Gasteiger partial charge < -0.3 is 10.4 Å². The maximum atomic E-state index is 9.78. The van der Waals surface area contributed by atoms with E-state index in [9.17, 15) is 5.11 Å². The number of hydrogen-bond donors (Lipinski definition) is 2. The molecule has 0 aromatic heterocycles. The Morgan fingerprint density at radius 3 is 2.44 bits per heavy atom. The number of rotatable bonds is 6. The molecular weight excluding hydrogens is 242 g/mol. The summed E-state index contributed by atoms with van der Waals surface area (Å²) in [4.78, 5) is 0. The van der Waals surface area contributed by atoms with Crippen LogP contribution in [0.5, 0.6) is 0 Å². The first kappa shape index (κ1) is 16.3. The predicted molar refractivity (Wildman–Crippen MR) is 82.2 cm³/mol. The summed E-state index contributed by atoms with van der Waals surface area (Å²) in [5, 5.41) is 14.8. The molecule has 2 N–H and O–H groups in total. The Labute approximate surface area is 117 Å². The van der Waals surface area contributed by atoms with Crippen LogP contribution in [0.2, 0.25) is 0 Å². The third kappa shape index (κ3) is 4.75. The SMILES string of the molecule is CC(C)NC1(CO)CCCC(SC(C)C(C)C)C1. The fraction of sp³-hybridized carbons (Fsp3) is 1.00. The minimum absolute atomic E-state index is 0.0270. The van der Waals surface area contributed by atoms with Gasteiger partial charge in [-0.25, -0.2) is 0 Å². The third-order valence-electron chi connectivity index (χ3n) is 4.04. The van der Waals surface area contributed by atoms with Gasteiger partial charge in [-0.3, -0.25) is 0 Å². The second-order valence-electron chi connectivity index (χ2n) is 6.54. The van der Waals surface area contributed by atoms with Crippen LogP contribution in [-0.2, 0) is 0 Å². The van der Waals surface area contributed by atoms with Crippen molar-refractivity contribution in [3.63, 3.8) is 0 Å². The highest BCUT2D eigenvalue weighted by Gasteiger charge is 2.36. The molecule has 2 nitrogen and oxygen atoms in total. The van der Waals surface area contributed by atoms with Crippen LogP contribution in [0.1, 0.15) is 60.3 Å². The average molecular weight is 273 g/mol. The van der Waals surface area contributed by atoms with Gasteiger partial charge in [-0.2, -0.15) is 11.8 Å². The summed E-state index contributed by atoms with van der Waals surface area (Å²) in [6, 6.07) is 0.448. The second kappa shape index (κ2) is 7.16. The number of aliphatic hydroxyl groups excluding tert-OH is 1. The lowest BCUT2D eigenvalue weighted by molar-refractivity contribution is 0.115. The molecule has 0 aromatic carbocycles. The highest BCUT2D eigenvalue weighted by Crippen LogP contribution is 2.38. The molecule has 1 rings (SSSR count). The molecule has 0 radical (unpaired) electrons. The minimum atomic E-state index is -0.0270. The van der Waals surface area contributed by atoms with Crippen molar-refractivity contribution in [2.45, 2.75) is 82.4 Å². The van der Waals surface area contributed by atoms with Gasteiger partial charge in [-0.05, 0) is 25.2 Å². The zero-order valence-electron chi connectivity index (χ0n) is 12.7. The molecular formula is C15H31NOS. The van der Waals surface area contributed by atoms with E-state index in [1.54, 1.807) is 0 Å². The van der Waals surface area contributed by atoms with Crippen LogP contribution >= 0.6 is 11.8 Å². The molecule has 1 fully saturated rings. The summed E-state index contributed by atoms with van der Waals surface area (Å²) in [6.45, 7) is 11.5. The summed E-state index contributed by atoms with van der Waals surface area (Å²) in [5.74, 6) is 0.735. The van der Waals surface area contributed by atoms with E-state index in [0.29, 0.717) is 16.5 Å². The monoisotopic (exact) mass is 273 g/mol. The van der Waals surface area contributed by atoms with E-state index in [0.717, 1.165) is 18.8 Å². The molecule has 0 aromatic rings. The quantitative estimate of drug-likeness (QED) is 0.777. The third-order valence-corrected chi connectivity index (χ3v) is 5.80. The van der Waals surface area contributed by atoms with Gasteiger partial charge in [0.25, 0.3) is 0 Å². The van der Waals surface area contributed by atoms with Gasteiger partial charge in [0.1, 0.15) is 0 Å². The van der Waals surface area contributed by atoms with Gasteiger partial charge in [0.05, 0.1) is 6.61 Å². The summed E-state index contributed by atoms with van der Waals surface area (Å²) in [6.07, 6.45) is 4.78. The van der Waals surface area contributed by atoms with Crippen molar-refractivity contribution in [3.05, 3.63) is 0 Å². The lowest BCUT2D eigenvalue weighted by atomic mass is 9.81. The molecule has 3 atom stereocenters. The Kier molecular flexibility index (Phi) is 6.49. The van der Waals surface area contributed by atoms with Crippen molar-refractivity contribution >= 4 is 11.8 Å². The Bertz CT molecular complexity index is 245. The van der Waals surface area contributed by atoms with Gasteiger partial charge >= 0.3 is 0 Å². The van der Waals surface area contributed by atoms with Gasteiger partial charge in [-0.1, -0.05) is 41.0 Å². The van der Waals surface area contributed by atoms with Crippen molar-refractivity contribution in [2.24, 2.45) is 5.92 Å². The molecule has 0 heterocycles. The van der Waals surface area contributed by atoms with Gasteiger partial charge in [-0.15, -0.1) is 0 Å². The smallest absolute Gasteiger partial charge is 0.0613 e. The van der Waals surface area contributed by atoms with Crippen LogP contribution in [0, 0.1) is 5.92 Å². The lowest BCUT2D eigenvalue weighted by Gasteiger charge is -2.42. The van der Waals surface area contributed by atoms with Crippen LogP contribution < -0.4 is 5.32 Å². The number of hydrogen-bond acceptors (Lipinski definition) is 3. The second-order valence-corrected chi connectivity index (χ2v) is 8.22. The first-order valence-corrected chi connectivity index (χ1v) is 8.37. The molecule has 1 aliphatic rings. The largest absolute Gasteiger partial charge is 0.394 e. The Hall–Kier alpha value is 0.270. The molecule has 0 spiro atoms. The van der Waals surface area contributed by atoms with E-state index >= 15 is 0 Å². The molecule has 18 heavy (non-hydrogen) atoms. The summed E-state index contributed by atoms with van der Waals surface area (Å²) in [7, 11) is 0. The average Bonchev–Trinajstić information content (AvgIpc) is 2.28. The van der Waals surface area contributed by atoms with Crippen LogP contribution in [0.15, 0.2) is 0 Å². The topological polar surface area (TPSA) is 32.3 Å². The van der Waals surface area contributed by atoms with Crippen LogP contribution in [0.4, 0.5) is 0 Å². The maximum Gasteiger partial charge on any atom is 0.0613 e. The fourth-order valence-electron chi connectivity index (χ4n) is 2.82. The number of aliphatic hydroxyl groups is 1. The Morgan fingerprint density at radius 1 is 1.28 bits per heavy atom. The van der Waals surface area contributed by atoms with E-state index < -0.39 is 0 Å². The first-order valence-electron chi connectivity index (χ1n) is 7.42. The lowest BCUT2D eigenvalue weighted by Crippen LogP contribution is -2.54. The number of thioether (sulfide) groups is 1. The minimum Gasteiger partial charge on any atom is -0.394 e. The van der Waals surface area contributed by atoms with E-state index in [2.05, 4.69) is 51.7 Å². The molecule has 0 bridgehead atoms. The molecule has 0 aliphatic heterocycles. The molecule has 1 saturated carbocycles. The molecule has 3 unspecified atom stereocenters. The van der Waals surface area contributed by atoms with E-state index in [4.69, 9.17) is 0 Å². The Balaban J connectivity index is 2.58. The fourth-order valence-corrected chi connectivity index (χ4v) is 4.46. The highest BCUT2D eigenvalue weighted by molar-refractivity contribution is 8.00. The van der Waals surface area contributed by atoms with Gasteiger partial charge in [0, 0.05) is 22.1 Å². The molecule has 0 amide bonds. The van der Waals surface area contributed by atoms with Crippen LogP contribution in [0.25, 0.3) is 0 Å². The molecule has 3 heteroatoms. The van der Waals surface area contributed by atoms with Crippen LogP contribution in [0.3, 0.4) is 0 Å². The van der Waals surface area contributed by atoms with Gasteiger partial charge in [0.2, 0.25) is 0 Å². The van der Waals surface area contributed by atoms with Crippen molar-refractivity contribution in [1.29, 1.82) is 0 Å². The molecule has 0 saturated heterocycles. The summed E-state index contributed by atoms with van der Waals surface area (Å²) < 4.78 is 0. The predicted octanol–water partition coefficient (Wildman–Crippen LogP) is 3.44. The maximum absolute atomic E-state index is 9.78. The van der Waals surface area contributed by atoms with Crippen molar-refractivity contribution < 1.29 is 5.11 Å². The zero-order chi connectivity index (χ0) is 13.8. The van der Waals surface area contributed by atoms with Crippen molar-refractivity contribution in [3.8, 4) is 0 Å². The van der Waals surface area contributed by atoms with Crippen molar-refractivity contribution in [1.82, 2.24) is 5.32 Å².